The molecule has 0 aromatic heterocycles. The van der Waals surface area contributed by atoms with Crippen molar-refractivity contribution in [3.63, 3.8) is 0 Å². The molecule has 1 aromatic carbocycles. The number of imide groups is 1. The van der Waals surface area contributed by atoms with E-state index < -0.39 is 0 Å². The second-order valence-corrected chi connectivity index (χ2v) is 5.17. The Bertz CT molecular complexity index is 547. The molecule has 1 saturated carbocycles. The van der Waals surface area contributed by atoms with E-state index in [0.29, 0.717) is 11.3 Å². The molecule has 1 aliphatic carbocycles. The molecule has 1 aromatic rings. The lowest BCUT2D eigenvalue weighted by Gasteiger charge is -2.19. The number of anilines is 1. The Morgan fingerprint density at radius 3 is 2.00 bits per heavy atom. The van der Waals surface area contributed by atoms with Crippen LogP contribution < -0.4 is 4.90 Å². The number of fused-ring (bicyclic) bond motifs is 1. The SMILES string of the molecule is N#Cc1ccc(N2C(=O)C3CCCCC3C2=O)cc1. The van der Waals surface area contributed by atoms with Gasteiger partial charge in [-0.15, -0.1) is 0 Å². The van der Waals surface area contributed by atoms with Crippen molar-refractivity contribution in [3.05, 3.63) is 29.8 Å². The number of carbonyl (C=O) groups is 2. The highest BCUT2D eigenvalue weighted by atomic mass is 16.2. The maximum atomic E-state index is 12.3. The van der Waals surface area contributed by atoms with Gasteiger partial charge in [0.2, 0.25) is 11.8 Å². The predicted molar refractivity (Wildman–Crippen MR) is 69.1 cm³/mol. The topological polar surface area (TPSA) is 61.2 Å². The average Bonchev–Trinajstić information content (AvgIpc) is 2.72. The summed E-state index contributed by atoms with van der Waals surface area (Å²) in [5.41, 5.74) is 1.11. The molecule has 2 fully saturated rings. The van der Waals surface area contributed by atoms with Gasteiger partial charge in [-0.25, -0.2) is 0 Å². The van der Waals surface area contributed by atoms with Crippen LogP contribution in [0.1, 0.15) is 31.2 Å². The van der Waals surface area contributed by atoms with Gasteiger partial charge in [0, 0.05) is 0 Å². The van der Waals surface area contributed by atoms with Gasteiger partial charge in [-0.3, -0.25) is 14.5 Å². The average molecular weight is 254 g/mol. The largest absolute Gasteiger partial charge is 0.274 e. The van der Waals surface area contributed by atoms with E-state index in [-0.39, 0.29) is 23.7 Å². The molecule has 1 saturated heterocycles. The minimum Gasteiger partial charge on any atom is -0.274 e. The number of carbonyl (C=O) groups excluding carboxylic acids is 2. The Morgan fingerprint density at radius 1 is 1.00 bits per heavy atom. The van der Waals surface area contributed by atoms with Crippen LogP contribution in [0.25, 0.3) is 0 Å². The molecular weight excluding hydrogens is 240 g/mol. The molecule has 0 radical (unpaired) electrons. The summed E-state index contributed by atoms with van der Waals surface area (Å²) in [4.78, 5) is 26.0. The van der Waals surface area contributed by atoms with Crippen molar-refractivity contribution in [1.29, 1.82) is 5.26 Å². The summed E-state index contributed by atoms with van der Waals surface area (Å²) in [7, 11) is 0. The summed E-state index contributed by atoms with van der Waals surface area (Å²) in [5.74, 6) is -0.396. The van der Waals surface area contributed by atoms with Crippen molar-refractivity contribution in [1.82, 2.24) is 0 Å². The fraction of sp³-hybridized carbons (Fsp3) is 0.400. The molecule has 2 amide bonds. The molecule has 0 N–H and O–H groups in total. The fourth-order valence-corrected chi connectivity index (χ4v) is 3.10. The van der Waals surface area contributed by atoms with E-state index >= 15 is 0 Å². The molecule has 4 nitrogen and oxygen atoms in total. The van der Waals surface area contributed by atoms with Gasteiger partial charge in [0.1, 0.15) is 0 Å². The Hall–Kier alpha value is -2.15. The highest BCUT2D eigenvalue weighted by Crippen LogP contribution is 2.39. The highest BCUT2D eigenvalue weighted by Gasteiger charge is 2.48. The first kappa shape index (κ1) is 11.9. The number of rotatable bonds is 1. The maximum absolute atomic E-state index is 12.3. The lowest BCUT2D eigenvalue weighted by molar-refractivity contribution is -0.122. The molecule has 4 heteroatoms. The molecule has 0 spiro atoms. The zero-order chi connectivity index (χ0) is 13.4. The van der Waals surface area contributed by atoms with Gasteiger partial charge < -0.3 is 0 Å². The third-order valence-electron chi connectivity index (χ3n) is 4.10. The van der Waals surface area contributed by atoms with E-state index in [1.165, 1.54) is 4.90 Å². The fourth-order valence-electron chi connectivity index (χ4n) is 3.10. The van der Waals surface area contributed by atoms with Crippen LogP contribution in [0.15, 0.2) is 24.3 Å². The minimum absolute atomic E-state index is 0.0700. The Balaban J connectivity index is 1.93. The third kappa shape index (κ3) is 1.82. The van der Waals surface area contributed by atoms with Crippen LogP contribution in [0.3, 0.4) is 0 Å². The number of hydrogen-bond acceptors (Lipinski definition) is 3. The zero-order valence-electron chi connectivity index (χ0n) is 10.5. The van der Waals surface area contributed by atoms with Crippen LogP contribution in [0.2, 0.25) is 0 Å². The van der Waals surface area contributed by atoms with Crippen LogP contribution in [0.5, 0.6) is 0 Å². The Labute approximate surface area is 111 Å². The molecule has 1 aliphatic heterocycles. The van der Waals surface area contributed by atoms with E-state index in [4.69, 9.17) is 5.26 Å². The molecule has 2 unspecified atom stereocenters. The summed E-state index contributed by atoms with van der Waals surface area (Å²) < 4.78 is 0. The molecule has 2 aliphatic rings. The van der Waals surface area contributed by atoms with E-state index in [2.05, 4.69) is 0 Å². The van der Waals surface area contributed by atoms with Gasteiger partial charge in [-0.2, -0.15) is 5.26 Å². The predicted octanol–water partition coefficient (Wildman–Crippen LogP) is 2.24. The quantitative estimate of drug-likeness (QED) is 0.722. The lowest BCUT2D eigenvalue weighted by atomic mass is 9.81. The van der Waals surface area contributed by atoms with E-state index in [1.807, 2.05) is 6.07 Å². The van der Waals surface area contributed by atoms with E-state index in [9.17, 15) is 9.59 Å². The summed E-state index contributed by atoms with van der Waals surface area (Å²) in [6, 6.07) is 8.65. The van der Waals surface area contributed by atoms with Crippen molar-refractivity contribution >= 4 is 17.5 Å². The summed E-state index contributed by atoms with van der Waals surface area (Å²) >= 11 is 0. The summed E-state index contributed by atoms with van der Waals surface area (Å²) in [6.07, 6.45) is 3.70. The molecule has 3 rings (SSSR count). The second kappa shape index (κ2) is 4.51. The van der Waals surface area contributed by atoms with Crippen molar-refractivity contribution in [3.8, 4) is 6.07 Å². The molecular formula is C15H14N2O2. The minimum atomic E-state index is -0.128. The number of nitriles is 1. The van der Waals surface area contributed by atoms with E-state index in [1.54, 1.807) is 24.3 Å². The normalized spacial score (nSPS) is 26.2. The van der Waals surface area contributed by atoms with Gasteiger partial charge in [0.25, 0.3) is 0 Å². The van der Waals surface area contributed by atoms with Crippen molar-refractivity contribution in [2.75, 3.05) is 4.90 Å². The Kier molecular flexibility index (Phi) is 2.83. The number of amides is 2. The molecule has 2 atom stereocenters. The molecule has 96 valence electrons. The first-order chi connectivity index (χ1) is 9.22. The van der Waals surface area contributed by atoms with Crippen LogP contribution in [0, 0.1) is 23.2 Å². The van der Waals surface area contributed by atoms with Crippen LogP contribution in [0.4, 0.5) is 5.69 Å². The smallest absolute Gasteiger partial charge is 0.237 e. The standard InChI is InChI=1S/C15H14N2O2/c16-9-10-5-7-11(8-6-10)17-14(18)12-3-1-2-4-13(12)15(17)19/h5-8,12-13H,1-4H2. The van der Waals surface area contributed by atoms with Crippen LogP contribution in [-0.4, -0.2) is 11.8 Å². The van der Waals surface area contributed by atoms with Gasteiger partial charge in [0.05, 0.1) is 29.2 Å². The summed E-state index contributed by atoms with van der Waals surface area (Å²) in [6.45, 7) is 0. The van der Waals surface area contributed by atoms with Gasteiger partial charge in [0.15, 0.2) is 0 Å². The van der Waals surface area contributed by atoms with Crippen LogP contribution in [-0.2, 0) is 9.59 Å². The van der Waals surface area contributed by atoms with E-state index in [0.717, 1.165) is 25.7 Å². The monoisotopic (exact) mass is 254 g/mol. The van der Waals surface area contributed by atoms with Crippen molar-refractivity contribution in [2.45, 2.75) is 25.7 Å². The van der Waals surface area contributed by atoms with Gasteiger partial charge >= 0.3 is 0 Å². The Morgan fingerprint density at radius 2 is 1.53 bits per heavy atom. The number of hydrogen-bond donors (Lipinski definition) is 0. The van der Waals surface area contributed by atoms with Crippen molar-refractivity contribution < 1.29 is 9.59 Å². The molecule has 19 heavy (non-hydrogen) atoms. The second-order valence-electron chi connectivity index (χ2n) is 5.17. The third-order valence-corrected chi connectivity index (χ3v) is 4.10. The molecule has 0 bridgehead atoms. The van der Waals surface area contributed by atoms with Crippen LogP contribution >= 0.6 is 0 Å². The van der Waals surface area contributed by atoms with Crippen molar-refractivity contribution in [2.24, 2.45) is 11.8 Å². The molecule has 1 heterocycles. The van der Waals surface area contributed by atoms with Gasteiger partial charge in [-0.1, -0.05) is 12.8 Å². The number of benzene rings is 1. The maximum Gasteiger partial charge on any atom is 0.237 e. The summed E-state index contributed by atoms with van der Waals surface area (Å²) in [5, 5.41) is 8.77. The van der Waals surface area contributed by atoms with Gasteiger partial charge in [-0.05, 0) is 37.1 Å². The number of nitrogens with zero attached hydrogens (tertiary/aromatic N) is 2. The first-order valence-electron chi connectivity index (χ1n) is 6.60. The lowest BCUT2D eigenvalue weighted by Crippen LogP contribution is -2.30. The first-order valence-corrected chi connectivity index (χ1v) is 6.60. The highest BCUT2D eigenvalue weighted by molar-refractivity contribution is 6.22. The zero-order valence-corrected chi connectivity index (χ0v) is 10.5.